The lowest BCUT2D eigenvalue weighted by atomic mass is 9.80. The Kier molecular flexibility index (Phi) is 4.56. The van der Waals surface area contributed by atoms with Crippen molar-refractivity contribution in [2.75, 3.05) is 5.32 Å². The summed E-state index contributed by atoms with van der Waals surface area (Å²) in [6, 6.07) is 7.58. The molecular formula is C18H21F3N2O. The van der Waals surface area contributed by atoms with Crippen molar-refractivity contribution in [3.05, 3.63) is 30.5 Å². The molecule has 1 aliphatic rings. The second-order valence-corrected chi connectivity index (χ2v) is 6.47. The Morgan fingerprint density at radius 3 is 2.79 bits per heavy atom. The molecule has 0 spiro atoms. The fourth-order valence-electron chi connectivity index (χ4n) is 3.51. The van der Waals surface area contributed by atoms with Crippen LogP contribution in [-0.2, 0) is 11.3 Å². The molecule has 24 heavy (non-hydrogen) atoms. The van der Waals surface area contributed by atoms with E-state index in [0.717, 1.165) is 17.4 Å². The molecule has 0 unspecified atom stereocenters. The monoisotopic (exact) mass is 338 g/mol. The third kappa shape index (κ3) is 3.42. The van der Waals surface area contributed by atoms with Crippen molar-refractivity contribution < 1.29 is 18.0 Å². The highest BCUT2D eigenvalue weighted by molar-refractivity contribution is 5.95. The van der Waals surface area contributed by atoms with Crippen LogP contribution in [0.3, 0.4) is 0 Å². The van der Waals surface area contributed by atoms with E-state index in [1.54, 1.807) is 6.07 Å². The molecule has 0 saturated heterocycles. The lowest BCUT2D eigenvalue weighted by molar-refractivity contribution is -0.185. The number of aryl methyl sites for hydroxylation is 1. The lowest BCUT2D eigenvalue weighted by Crippen LogP contribution is -2.34. The number of hydrogen-bond acceptors (Lipinski definition) is 1. The van der Waals surface area contributed by atoms with Gasteiger partial charge in [0.2, 0.25) is 5.91 Å². The Bertz CT molecular complexity index is 735. The number of fused-ring (bicyclic) bond motifs is 1. The average Bonchev–Trinajstić information content (AvgIpc) is 2.96. The Labute approximate surface area is 138 Å². The third-order valence-corrected chi connectivity index (χ3v) is 4.89. The zero-order valence-corrected chi connectivity index (χ0v) is 13.6. The molecule has 1 aliphatic carbocycles. The highest BCUT2D eigenvalue weighted by Crippen LogP contribution is 2.40. The Morgan fingerprint density at radius 1 is 1.29 bits per heavy atom. The number of nitrogens with one attached hydrogen (secondary N) is 1. The fourth-order valence-corrected chi connectivity index (χ4v) is 3.51. The molecule has 3 rings (SSSR count). The van der Waals surface area contributed by atoms with Crippen LogP contribution in [-0.4, -0.2) is 16.7 Å². The van der Waals surface area contributed by atoms with Crippen molar-refractivity contribution in [1.29, 1.82) is 0 Å². The first kappa shape index (κ1) is 16.9. The highest BCUT2D eigenvalue weighted by Gasteiger charge is 2.43. The van der Waals surface area contributed by atoms with Gasteiger partial charge in [0.1, 0.15) is 0 Å². The van der Waals surface area contributed by atoms with Crippen LogP contribution < -0.4 is 5.32 Å². The minimum absolute atomic E-state index is 0.108. The molecule has 1 amide bonds. The first-order chi connectivity index (χ1) is 11.4. The maximum Gasteiger partial charge on any atom is 0.391 e. The topological polar surface area (TPSA) is 34.0 Å². The van der Waals surface area contributed by atoms with Crippen molar-refractivity contribution in [2.45, 2.75) is 45.3 Å². The standard InChI is InChI=1S/C18H21F3N2O/c1-2-23-9-8-12-6-7-15(11-16(12)23)22-17(24)13-4-3-5-14(10-13)18(19,20)21/h6-9,11,13-14H,2-5,10H2,1H3,(H,22,24)/t13-,14-/m1/s1. The normalized spacial score (nSPS) is 21.8. The Balaban J connectivity index is 1.72. The number of hydrogen-bond donors (Lipinski definition) is 1. The van der Waals surface area contributed by atoms with Gasteiger partial charge in [-0.25, -0.2) is 0 Å². The summed E-state index contributed by atoms with van der Waals surface area (Å²) in [4.78, 5) is 12.4. The predicted octanol–water partition coefficient (Wildman–Crippen LogP) is 4.97. The number of aromatic nitrogens is 1. The van der Waals surface area contributed by atoms with E-state index in [1.165, 1.54) is 0 Å². The average molecular weight is 338 g/mol. The molecule has 1 aromatic carbocycles. The summed E-state index contributed by atoms with van der Waals surface area (Å²) in [7, 11) is 0. The second kappa shape index (κ2) is 6.49. The van der Waals surface area contributed by atoms with Crippen LogP contribution in [0, 0.1) is 11.8 Å². The maximum atomic E-state index is 12.9. The predicted molar refractivity (Wildman–Crippen MR) is 87.7 cm³/mol. The number of carbonyl (C=O) groups excluding carboxylic acids is 1. The Morgan fingerprint density at radius 2 is 2.08 bits per heavy atom. The molecule has 0 bridgehead atoms. The summed E-state index contributed by atoms with van der Waals surface area (Å²) < 4.78 is 40.7. The SMILES string of the molecule is CCn1ccc2ccc(NC(=O)[C@@H]3CCC[C@@H](C(F)(F)F)C3)cc21. The number of alkyl halides is 3. The number of amides is 1. The Hall–Kier alpha value is -1.98. The van der Waals surface area contributed by atoms with Crippen molar-refractivity contribution in [3.8, 4) is 0 Å². The van der Waals surface area contributed by atoms with Gasteiger partial charge in [-0.05, 0) is 49.8 Å². The summed E-state index contributed by atoms with van der Waals surface area (Å²) in [5, 5.41) is 3.87. The molecule has 0 aliphatic heterocycles. The van der Waals surface area contributed by atoms with E-state index < -0.39 is 18.0 Å². The summed E-state index contributed by atoms with van der Waals surface area (Å²) >= 11 is 0. The van der Waals surface area contributed by atoms with E-state index in [2.05, 4.69) is 9.88 Å². The van der Waals surface area contributed by atoms with Crippen molar-refractivity contribution >= 4 is 22.5 Å². The van der Waals surface area contributed by atoms with Gasteiger partial charge in [-0.1, -0.05) is 12.5 Å². The van der Waals surface area contributed by atoms with Crippen LogP contribution in [0.1, 0.15) is 32.6 Å². The van der Waals surface area contributed by atoms with Crippen LogP contribution in [0.2, 0.25) is 0 Å². The molecule has 0 radical (unpaired) electrons. The van der Waals surface area contributed by atoms with Crippen LogP contribution in [0.4, 0.5) is 18.9 Å². The molecule has 1 heterocycles. The van der Waals surface area contributed by atoms with Gasteiger partial charge in [-0.3, -0.25) is 4.79 Å². The van der Waals surface area contributed by atoms with Gasteiger partial charge in [0, 0.05) is 24.3 Å². The van der Waals surface area contributed by atoms with Crippen LogP contribution in [0.25, 0.3) is 10.9 Å². The molecule has 1 saturated carbocycles. The molecular weight excluding hydrogens is 317 g/mol. The quantitative estimate of drug-likeness (QED) is 0.842. The largest absolute Gasteiger partial charge is 0.391 e. The smallest absolute Gasteiger partial charge is 0.348 e. The molecule has 130 valence electrons. The van der Waals surface area contributed by atoms with Gasteiger partial charge in [0.15, 0.2) is 0 Å². The summed E-state index contributed by atoms with van der Waals surface area (Å²) in [6.45, 7) is 2.85. The van der Waals surface area contributed by atoms with E-state index in [0.29, 0.717) is 18.5 Å². The summed E-state index contributed by atoms with van der Waals surface area (Å²) in [6.07, 6.45) is -1.25. The first-order valence-corrected chi connectivity index (χ1v) is 8.35. The van der Waals surface area contributed by atoms with E-state index >= 15 is 0 Å². The molecule has 1 fully saturated rings. The van der Waals surface area contributed by atoms with Gasteiger partial charge >= 0.3 is 6.18 Å². The van der Waals surface area contributed by atoms with Crippen molar-refractivity contribution in [1.82, 2.24) is 4.57 Å². The highest BCUT2D eigenvalue weighted by atomic mass is 19.4. The van der Waals surface area contributed by atoms with Crippen LogP contribution >= 0.6 is 0 Å². The summed E-state index contributed by atoms with van der Waals surface area (Å²) in [5.74, 6) is -2.24. The van der Waals surface area contributed by atoms with Crippen molar-refractivity contribution in [3.63, 3.8) is 0 Å². The van der Waals surface area contributed by atoms with Gasteiger partial charge in [0.05, 0.1) is 11.4 Å². The number of benzene rings is 1. The molecule has 1 aromatic heterocycles. The van der Waals surface area contributed by atoms with Crippen LogP contribution in [0.5, 0.6) is 0 Å². The molecule has 2 aromatic rings. The molecule has 1 N–H and O–H groups in total. The number of anilines is 1. The number of carbonyl (C=O) groups is 1. The second-order valence-electron chi connectivity index (χ2n) is 6.47. The molecule has 6 heteroatoms. The lowest BCUT2D eigenvalue weighted by Gasteiger charge is -2.29. The number of halogens is 3. The van der Waals surface area contributed by atoms with Gasteiger partial charge in [-0.2, -0.15) is 13.2 Å². The van der Waals surface area contributed by atoms with Gasteiger partial charge in [0.25, 0.3) is 0 Å². The minimum Gasteiger partial charge on any atom is -0.348 e. The maximum absolute atomic E-state index is 12.9. The zero-order valence-electron chi connectivity index (χ0n) is 13.6. The van der Waals surface area contributed by atoms with Crippen molar-refractivity contribution in [2.24, 2.45) is 11.8 Å². The first-order valence-electron chi connectivity index (χ1n) is 8.35. The third-order valence-electron chi connectivity index (χ3n) is 4.89. The van der Waals surface area contributed by atoms with Crippen LogP contribution in [0.15, 0.2) is 30.5 Å². The zero-order chi connectivity index (χ0) is 17.3. The van der Waals surface area contributed by atoms with Gasteiger partial charge in [-0.15, -0.1) is 0 Å². The fraction of sp³-hybridized carbons (Fsp3) is 0.500. The van der Waals surface area contributed by atoms with E-state index in [4.69, 9.17) is 0 Å². The van der Waals surface area contributed by atoms with Gasteiger partial charge < -0.3 is 9.88 Å². The van der Waals surface area contributed by atoms with E-state index in [-0.39, 0.29) is 18.7 Å². The number of rotatable bonds is 3. The number of nitrogens with zero attached hydrogens (tertiary/aromatic N) is 1. The van der Waals surface area contributed by atoms with E-state index in [9.17, 15) is 18.0 Å². The molecule has 3 nitrogen and oxygen atoms in total. The molecule has 2 atom stereocenters. The summed E-state index contributed by atoms with van der Waals surface area (Å²) in [5.41, 5.74) is 1.64. The minimum atomic E-state index is -4.21. The van der Waals surface area contributed by atoms with E-state index in [1.807, 2.05) is 31.3 Å².